The first-order valence-electron chi connectivity index (χ1n) is 5.38. The Bertz CT molecular complexity index is 298. The van der Waals surface area contributed by atoms with Crippen LogP contribution >= 0.6 is 0 Å². The Balaban J connectivity index is 2.40. The molecule has 1 aromatic carbocycles. The van der Waals surface area contributed by atoms with Gasteiger partial charge in [0.2, 0.25) is 0 Å². The van der Waals surface area contributed by atoms with Gasteiger partial charge in [0.1, 0.15) is 12.0 Å². The van der Waals surface area contributed by atoms with Crippen molar-refractivity contribution in [3.8, 4) is 5.75 Å². The maximum atomic E-state index is 10.1. The molecule has 0 fully saturated rings. The molecule has 2 nitrogen and oxygen atoms in total. The smallest absolute Gasteiger partial charge is 0.125 e. The number of carbonyl (C=O) groups is 1. The van der Waals surface area contributed by atoms with Crippen molar-refractivity contribution in [3.05, 3.63) is 29.3 Å². The third kappa shape index (κ3) is 3.74. The van der Waals surface area contributed by atoms with E-state index in [4.69, 9.17) is 4.74 Å². The third-order valence-corrected chi connectivity index (χ3v) is 2.37. The molecule has 1 aromatic rings. The molecule has 15 heavy (non-hydrogen) atoms. The summed E-state index contributed by atoms with van der Waals surface area (Å²) < 4.78 is 5.70. The summed E-state index contributed by atoms with van der Waals surface area (Å²) in [6.45, 7) is 4.79. The Labute approximate surface area is 91.3 Å². The van der Waals surface area contributed by atoms with Crippen LogP contribution < -0.4 is 4.74 Å². The minimum Gasteiger partial charge on any atom is -0.493 e. The van der Waals surface area contributed by atoms with Gasteiger partial charge in [-0.25, -0.2) is 0 Å². The highest BCUT2D eigenvalue weighted by atomic mass is 16.5. The molecule has 0 aliphatic rings. The standard InChI is InChI=1S/C13H18O2/c1-11-7-6-8-12(2)13(11)15-10-5-3-4-9-14/h6-9H,3-5,10H2,1-2H3. The van der Waals surface area contributed by atoms with Gasteiger partial charge < -0.3 is 9.53 Å². The van der Waals surface area contributed by atoms with Crippen LogP contribution in [-0.4, -0.2) is 12.9 Å². The van der Waals surface area contributed by atoms with Gasteiger partial charge in [-0.15, -0.1) is 0 Å². The van der Waals surface area contributed by atoms with E-state index in [1.807, 2.05) is 32.0 Å². The van der Waals surface area contributed by atoms with E-state index in [9.17, 15) is 4.79 Å². The molecule has 0 radical (unpaired) electrons. The summed E-state index contributed by atoms with van der Waals surface area (Å²) in [5, 5.41) is 0. The summed E-state index contributed by atoms with van der Waals surface area (Å²) in [5.74, 6) is 0.989. The lowest BCUT2D eigenvalue weighted by Crippen LogP contribution is -2.00. The number of benzene rings is 1. The maximum Gasteiger partial charge on any atom is 0.125 e. The Kier molecular flexibility index (Phi) is 4.88. The lowest BCUT2D eigenvalue weighted by atomic mass is 10.1. The average Bonchev–Trinajstić information content (AvgIpc) is 2.21. The number of para-hydroxylation sites is 1. The number of aryl methyl sites for hydroxylation is 2. The normalized spacial score (nSPS) is 10.0. The van der Waals surface area contributed by atoms with Crippen LogP contribution in [0.2, 0.25) is 0 Å². The van der Waals surface area contributed by atoms with Gasteiger partial charge in [-0.1, -0.05) is 18.2 Å². The number of hydrogen-bond acceptors (Lipinski definition) is 2. The molecule has 1 rings (SSSR count). The maximum absolute atomic E-state index is 10.1. The van der Waals surface area contributed by atoms with Crippen LogP contribution in [0.25, 0.3) is 0 Å². The first-order valence-corrected chi connectivity index (χ1v) is 5.38. The molecular weight excluding hydrogens is 188 g/mol. The van der Waals surface area contributed by atoms with Gasteiger partial charge in [-0.05, 0) is 37.8 Å². The van der Waals surface area contributed by atoms with Crippen molar-refractivity contribution < 1.29 is 9.53 Å². The van der Waals surface area contributed by atoms with Crippen LogP contribution in [0.4, 0.5) is 0 Å². The van der Waals surface area contributed by atoms with Crippen molar-refractivity contribution in [3.63, 3.8) is 0 Å². The molecule has 0 atom stereocenters. The van der Waals surface area contributed by atoms with E-state index in [1.165, 1.54) is 11.1 Å². The largest absolute Gasteiger partial charge is 0.493 e. The number of aldehydes is 1. The molecule has 82 valence electrons. The highest BCUT2D eigenvalue weighted by molar-refractivity contribution is 5.48. The molecule has 0 N–H and O–H groups in total. The molecule has 0 saturated heterocycles. The fraction of sp³-hybridized carbons (Fsp3) is 0.462. The summed E-state index contributed by atoms with van der Waals surface area (Å²) in [6.07, 6.45) is 3.44. The fourth-order valence-corrected chi connectivity index (χ4v) is 1.53. The quantitative estimate of drug-likeness (QED) is 0.528. The summed E-state index contributed by atoms with van der Waals surface area (Å²) in [7, 11) is 0. The zero-order valence-corrected chi connectivity index (χ0v) is 9.45. The molecule has 0 saturated carbocycles. The molecule has 0 unspecified atom stereocenters. The third-order valence-electron chi connectivity index (χ3n) is 2.37. The van der Waals surface area contributed by atoms with Crippen LogP contribution in [0.3, 0.4) is 0 Å². The topological polar surface area (TPSA) is 26.3 Å². The first kappa shape index (κ1) is 11.8. The van der Waals surface area contributed by atoms with Gasteiger partial charge in [0.05, 0.1) is 6.61 Å². The number of unbranched alkanes of at least 4 members (excludes halogenated alkanes) is 2. The van der Waals surface area contributed by atoms with Crippen LogP contribution in [-0.2, 0) is 4.79 Å². The summed E-state index contributed by atoms with van der Waals surface area (Å²) >= 11 is 0. The number of carbonyl (C=O) groups excluding carboxylic acids is 1. The molecule has 0 aliphatic carbocycles. The van der Waals surface area contributed by atoms with E-state index in [1.54, 1.807) is 0 Å². The summed E-state index contributed by atoms with van der Waals surface area (Å²) in [4.78, 5) is 10.1. The SMILES string of the molecule is Cc1cccc(C)c1OCCCCC=O. The Morgan fingerprint density at radius 3 is 2.47 bits per heavy atom. The average molecular weight is 206 g/mol. The molecule has 0 heterocycles. The molecule has 0 spiro atoms. The molecule has 0 amide bonds. The van der Waals surface area contributed by atoms with E-state index in [-0.39, 0.29) is 0 Å². The molecule has 0 aliphatic heterocycles. The van der Waals surface area contributed by atoms with E-state index in [0.717, 1.165) is 24.9 Å². The van der Waals surface area contributed by atoms with Gasteiger partial charge in [0, 0.05) is 6.42 Å². The van der Waals surface area contributed by atoms with E-state index < -0.39 is 0 Å². The molecule has 0 aromatic heterocycles. The van der Waals surface area contributed by atoms with Gasteiger partial charge in [-0.2, -0.15) is 0 Å². The Morgan fingerprint density at radius 2 is 1.87 bits per heavy atom. The van der Waals surface area contributed by atoms with E-state index in [0.29, 0.717) is 13.0 Å². The van der Waals surface area contributed by atoms with Crippen molar-refractivity contribution in [1.82, 2.24) is 0 Å². The minimum absolute atomic E-state index is 0.635. The van der Waals surface area contributed by atoms with Crippen LogP contribution in [0, 0.1) is 13.8 Å². The predicted molar refractivity (Wildman–Crippen MR) is 61.3 cm³/mol. The molecule has 2 heteroatoms. The van der Waals surface area contributed by atoms with Gasteiger partial charge in [0.25, 0.3) is 0 Å². The zero-order valence-electron chi connectivity index (χ0n) is 9.45. The monoisotopic (exact) mass is 206 g/mol. The van der Waals surface area contributed by atoms with Crippen molar-refractivity contribution in [2.75, 3.05) is 6.61 Å². The van der Waals surface area contributed by atoms with Crippen molar-refractivity contribution in [1.29, 1.82) is 0 Å². The summed E-state index contributed by atoms with van der Waals surface area (Å²) in [6, 6.07) is 6.13. The van der Waals surface area contributed by atoms with Crippen molar-refractivity contribution in [2.45, 2.75) is 33.1 Å². The predicted octanol–water partition coefficient (Wildman–Crippen LogP) is 3.05. The second-order valence-corrected chi connectivity index (χ2v) is 3.73. The lowest BCUT2D eigenvalue weighted by molar-refractivity contribution is -0.107. The first-order chi connectivity index (χ1) is 7.25. The lowest BCUT2D eigenvalue weighted by Gasteiger charge is -2.11. The second-order valence-electron chi connectivity index (χ2n) is 3.73. The Hall–Kier alpha value is -1.31. The number of ether oxygens (including phenoxy) is 1. The number of rotatable bonds is 6. The Morgan fingerprint density at radius 1 is 1.20 bits per heavy atom. The summed E-state index contributed by atoms with van der Waals surface area (Å²) in [5.41, 5.74) is 2.34. The highest BCUT2D eigenvalue weighted by Gasteiger charge is 2.01. The zero-order chi connectivity index (χ0) is 11.1. The highest BCUT2D eigenvalue weighted by Crippen LogP contribution is 2.22. The van der Waals surface area contributed by atoms with Gasteiger partial charge in [0.15, 0.2) is 0 Å². The van der Waals surface area contributed by atoms with Crippen molar-refractivity contribution in [2.24, 2.45) is 0 Å². The van der Waals surface area contributed by atoms with E-state index >= 15 is 0 Å². The van der Waals surface area contributed by atoms with Crippen LogP contribution in [0.5, 0.6) is 5.75 Å². The van der Waals surface area contributed by atoms with Crippen LogP contribution in [0.15, 0.2) is 18.2 Å². The fourth-order valence-electron chi connectivity index (χ4n) is 1.53. The number of hydrogen-bond donors (Lipinski definition) is 0. The second kappa shape index (κ2) is 6.23. The minimum atomic E-state index is 0.635. The molecular formula is C13H18O2. The van der Waals surface area contributed by atoms with Gasteiger partial charge >= 0.3 is 0 Å². The van der Waals surface area contributed by atoms with E-state index in [2.05, 4.69) is 0 Å². The molecule has 0 bridgehead atoms. The van der Waals surface area contributed by atoms with Crippen LogP contribution in [0.1, 0.15) is 30.4 Å². The van der Waals surface area contributed by atoms with Gasteiger partial charge in [-0.3, -0.25) is 0 Å². The van der Waals surface area contributed by atoms with Crippen molar-refractivity contribution >= 4 is 6.29 Å².